The van der Waals surface area contributed by atoms with E-state index in [0.29, 0.717) is 40.1 Å². The predicted molar refractivity (Wildman–Crippen MR) is 222 cm³/mol. The molecule has 6 rings (SSSR count). The molecule has 4 fully saturated rings. The summed E-state index contributed by atoms with van der Waals surface area (Å²) in [5.41, 5.74) is 3.96. The van der Waals surface area contributed by atoms with Crippen LogP contribution in [0.1, 0.15) is 83.7 Å². The summed E-state index contributed by atoms with van der Waals surface area (Å²) < 4.78 is 6.81. The average molecular weight is 829 g/mol. The number of para-hydroxylation sites is 1. The van der Waals surface area contributed by atoms with Crippen molar-refractivity contribution in [1.29, 1.82) is 0 Å². The summed E-state index contributed by atoms with van der Waals surface area (Å²) in [6.07, 6.45) is 1.28. The number of halogens is 1. The van der Waals surface area contributed by atoms with Crippen LogP contribution >= 0.6 is 15.9 Å². The van der Waals surface area contributed by atoms with E-state index in [9.17, 15) is 19.8 Å². The monoisotopic (exact) mass is 827 g/mol. The molecule has 3 saturated carbocycles. The number of methoxy groups -OCH3 is 1. The number of ether oxygens (including phenoxy) is 1. The lowest BCUT2D eigenvalue weighted by Crippen LogP contribution is -2.62. The number of benzene rings is 2. The second-order valence-electron chi connectivity index (χ2n) is 18.7. The molecule has 2 bridgehead atoms. The molecule has 11 nitrogen and oxygen atoms in total. The third-order valence-corrected chi connectivity index (χ3v) is 13.4. The van der Waals surface area contributed by atoms with Crippen molar-refractivity contribution < 1.29 is 29.4 Å². The number of nitrogens with one attached hydrogen (secondary N) is 2. The van der Waals surface area contributed by atoms with Crippen LogP contribution in [0.4, 0.5) is 5.69 Å². The van der Waals surface area contributed by atoms with Crippen LogP contribution in [0.25, 0.3) is 11.1 Å². The van der Waals surface area contributed by atoms with Crippen molar-refractivity contribution in [3.05, 3.63) is 45.9 Å². The van der Waals surface area contributed by atoms with Crippen LogP contribution in [-0.2, 0) is 16.2 Å². The molecule has 0 spiro atoms. The van der Waals surface area contributed by atoms with Gasteiger partial charge in [-0.05, 0) is 102 Å². The number of likely N-dealkylation sites (N-methyl/N-ethyl adjacent to an activating group) is 1. The fourth-order valence-electron chi connectivity index (χ4n) is 9.69. The number of nitrogens with zero attached hydrogens (tertiary/aromatic N) is 3. The maximum absolute atomic E-state index is 14.3. The minimum Gasteiger partial charge on any atom is -0.496 e. The van der Waals surface area contributed by atoms with E-state index in [-0.39, 0.29) is 47.9 Å². The topological polar surface area (TPSA) is 127 Å². The third kappa shape index (κ3) is 9.20. The number of aliphatic hydroxyl groups is 2. The molecule has 1 saturated heterocycles. The van der Waals surface area contributed by atoms with Crippen LogP contribution in [0.2, 0.25) is 0 Å². The predicted octanol–water partition coefficient (Wildman–Crippen LogP) is 5.95. The first-order valence-corrected chi connectivity index (χ1v) is 20.6. The van der Waals surface area contributed by atoms with E-state index in [0.717, 1.165) is 35.2 Å². The average Bonchev–Trinajstić information content (AvgIpc) is 3.46. The van der Waals surface area contributed by atoms with Gasteiger partial charge in [-0.2, -0.15) is 5.06 Å². The molecule has 2 amide bonds. The fraction of sp³-hybridized carbons (Fsp3) is 0.674. The Morgan fingerprint density at radius 1 is 1.15 bits per heavy atom. The summed E-state index contributed by atoms with van der Waals surface area (Å²) in [5, 5.41) is 29.6. The van der Waals surface area contributed by atoms with E-state index >= 15 is 0 Å². The summed E-state index contributed by atoms with van der Waals surface area (Å²) in [5.74, 6) is 1.01. The van der Waals surface area contributed by atoms with E-state index < -0.39 is 24.2 Å². The first kappa shape index (κ1) is 43.4. The lowest BCUT2D eigenvalue weighted by atomic mass is 9.45. The molecule has 3 aliphatic carbocycles. The van der Waals surface area contributed by atoms with Crippen LogP contribution in [-0.4, -0.2) is 111 Å². The van der Waals surface area contributed by atoms with Gasteiger partial charge in [-0.25, -0.2) is 0 Å². The molecule has 12 heteroatoms. The quantitative estimate of drug-likeness (QED) is 0.183. The fourth-order valence-corrected chi connectivity index (χ4v) is 10.5. The van der Waals surface area contributed by atoms with Gasteiger partial charge in [-0.3, -0.25) is 14.4 Å². The van der Waals surface area contributed by atoms with Crippen molar-refractivity contribution in [1.82, 2.24) is 20.6 Å². The normalized spacial score (nSPS) is 27.3. The molecule has 0 radical (unpaired) electrons. The molecule has 55 heavy (non-hydrogen) atoms. The Morgan fingerprint density at radius 3 is 2.38 bits per heavy atom. The zero-order valence-electron chi connectivity index (χ0n) is 35.1. The maximum Gasteiger partial charge on any atom is 0.252 e. The molecule has 0 aromatic heterocycles. The highest BCUT2D eigenvalue weighted by Gasteiger charge is 2.57. The molecule has 2 aromatic rings. The van der Waals surface area contributed by atoms with Crippen molar-refractivity contribution in [2.75, 3.05) is 53.4 Å². The molecule has 306 valence electrons. The van der Waals surface area contributed by atoms with Crippen LogP contribution in [0.15, 0.2) is 34.8 Å². The van der Waals surface area contributed by atoms with E-state index in [1.54, 1.807) is 19.1 Å². The Bertz CT molecular complexity index is 1690. The minimum absolute atomic E-state index is 0.0204. The van der Waals surface area contributed by atoms with Gasteiger partial charge in [0.25, 0.3) is 5.91 Å². The molecule has 4 N–H and O–H groups in total. The van der Waals surface area contributed by atoms with Gasteiger partial charge < -0.3 is 35.4 Å². The summed E-state index contributed by atoms with van der Waals surface area (Å²) in [7, 11) is 9.52. The van der Waals surface area contributed by atoms with Gasteiger partial charge in [0.15, 0.2) is 0 Å². The van der Waals surface area contributed by atoms with Crippen molar-refractivity contribution in [2.24, 2.45) is 34.5 Å². The van der Waals surface area contributed by atoms with Crippen LogP contribution in [0, 0.1) is 34.5 Å². The van der Waals surface area contributed by atoms with Crippen LogP contribution in [0.5, 0.6) is 5.75 Å². The standard InChI is InChI=1S/C43H66BrN5O6/c1-24-32-18-28(43(32,6)7)19-33(24)46-41(53)38-36(25(2)51)35(23-50)55-49(38)21-26-14-13-15-30(39(26)54-12)27-16-31(37(44)34(17-27)48(10)11)40(52)45-29(22-47(8)9)20-42(3,4)5/h13-17,24-25,28-29,32-33,35-36,38,50-51H,18-23H2,1-12H3,(H,45,52)(H,46,53)/t24-,25-,28-,29-,32+,33-,35-,36+,38-/m0/s1. The highest BCUT2D eigenvalue weighted by Crippen LogP contribution is 2.61. The second-order valence-corrected chi connectivity index (χ2v) is 19.5. The molecular weight excluding hydrogens is 762 g/mol. The Hall–Kier alpha value is -2.74. The minimum atomic E-state index is -0.903. The third-order valence-electron chi connectivity index (χ3n) is 12.6. The smallest absolute Gasteiger partial charge is 0.252 e. The number of aliphatic hydroxyl groups excluding tert-OH is 2. The first-order valence-electron chi connectivity index (χ1n) is 19.8. The van der Waals surface area contributed by atoms with Gasteiger partial charge in [0.2, 0.25) is 5.91 Å². The van der Waals surface area contributed by atoms with Crippen molar-refractivity contribution in [2.45, 2.75) is 105 Å². The van der Waals surface area contributed by atoms with Gasteiger partial charge in [0, 0.05) is 49.8 Å². The summed E-state index contributed by atoms with van der Waals surface area (Å²) >= 11 is 3.75. The lowest BCUT2D eigenvalue weighted by Gasteiger charge is -2.62. The Kier molecular flexibility index (Phi) is 13.4. The van der Waals surface area contributed by atoms with Gasteiger partial charge >= 0.3 is 0 Å². The number of carbonyl (C=O) groups excluding carboxylic acids is 2. The number of hydroxylamine groups is 2. The van der Waals surface area contributed by atoms with Gasteiger partial charge in [-0.1, -0.05) is 59.7 Å². The summed E-state index contributed by atoms with van der Waals surface area (Å²) in [6, 6.07) is 8.88. The SMILES string of the molecule is COc1c(CN2O[C@@H](CO)[C@@H]([C@H](C)O)[C@H]2C(=O)N[C@H]2C[C@@H]3C[C@H]([C@@H]2C)C3(C)C)cccc1-c1cc(C(=O)N[C@H](CN(C)C)CC(C)(C)C)c(Br)c(N(C)C)c1. The molecule has 1 aliphatic heterocycles. The van der Waals surface area contributed by atoms with Crippen molar-refractivity contribution in [3.63, 3.8) is 0 Å². The first-order chi connectivity index (χ1) is 25.7. The summed E-state index contributed by atoms with van der Waals surface area (Å²) in [6.45, 7) is 15.6. The molecule has 9 atom stereocenters. The van der Waals surface area contributed by atoms with Gasteiger partial charge in [0.1, 0.15) is 17.9 Å². The number of rotatable bonds is 14. The number of hydrogen-bond donors (Lipinski definition) is 4. The van der Waals surface area contributed by atoms with Crippen molar-refractivity contribution in [3.8, 4) is 16.9 Å². The van der Waals surface area contributed by atoms with Crippen LogP contribution in [0.3, 0.4) is 0 Å². The van der Waals surface area contributed by atoms with E-state index in [1.807, 2.05) is 63.4 Å². The van der Waals surface area contributed by atoms with E-state index in [4.69, 9.17) is 9.57 Å². The number of hydrogen-bond acceptors (Lipinski definition) is 9. The number of anilines is 1. The van der Waals surface area contributed by atoms with Crippen molar-refractivity contribution >= 4 is 33.4 Å². The summed E-state index contributed by atoms with van der Waals surface area (Å²) in [4.78, 5) is 38.8. The van der Waals surface area contributed by atoms with E-state index in [2.05, 4.69) is 73.0 Å². The number of carbonyl (C=O) groups is 2. The zero-order chi connectivity index (χ0) is 40.7. The number of fused-ring (bicyclic) bond motifs is 2. The van der Waals surface area contributed by atoms with Gasteiger partial charge in [-0.15, -0.1) is 0 Å². The lowest BCUT2D eigenvalue weighted by molar-refractivity contribution is -0.183. The van der Waals surface area contributed by atoms with Crippen LogP contribution < -0.4 is 20.3 Å². The molecule has 4 aliphatic rings. The molecule has 1 heterocycles. The highest BCUT2D eigenvalue weighted by atomic mass is 79.9. The maximum atomic E-state index is 14.3. The molecular formula is C43H66BrN5O6. The Labute approximate surface area is 337 Å². The Morgan fingerprint density at radius 2 is 1.84 bits per heavy atom. The second kappa shape index (κ2) is 17.0. The number of amides is 2. The highest BCUT2D eigenvalue weighted by molar-refractivity contribution is 9.10. The van der Waals surface area contributed by atoms with E-state index in [1.165, 1.54) is 6.42 Å². The zero-order valence-corrected chi connectivity index (χ0v) is 36.7. The molecule has 0 unspecified atom stereocenters. The molecule has 2 aromatic carbocycles. The largest absolute Gasteiger partial charge is 0.496 e. The van der Waals surface area contributed by atoms with Gasteiger partial charge in [0.05, 0.1) is 42.1 Å². The Balaban J connectivity index is 1.48.